The van der Waals surface area contributed by atoms with E-state index < -0.39 is 0 Å². The van der Waals surface area contributed by atoms with Crippen molar-refractivity contribution in [3.8, 4) is 0 Å². The lowest BCUT2D eigenvalue weighted by Gasteiger charge is -2.43. The van der Waals surface area contributed by atoms with Gasteiger partial charge in [0.25, 0.3) is 0 Å². The van der Waals surface area contributed by atoms with Crippen molar-refractivity contribution in [1.82, 2.24) is 29.4 Å². The van der Waals surface area contributed by atoms with Crippen LogP contribution >= 0.6 is 0 Å². The minimum atomic E-state index is 0.777. The molecular formula is C33H64N6. The third-order valence-corrected chi connectivity index (χ3v) is 11.5. The number of likely N-dealkylation sites (N-methyl/N-ethyl adjacent to an activating group) is 5. The lowest BCUT2D eigenvalue weighted by Crippen LogP contribution is -2.45. The Balaban J connectivity index is 0.000000118. The number of rotatable bonds is 0. The molecule has 8 heterocycles. The largest absolute Gasteiger partial charge is 0.303 e. The summed E-state index contributed by atoms with van der Waals surface area (Å²) in [6.45, 7) is 12.8. The van der Waals surface area contributed by atoms with E-state index in [9.17, 15) is 0 Å². The molecule has 1 aliphatic carbocycles. The van der Waals surface area contributed by atoms with E-state index >= 15 is 0 Å². The van der Waals surface area contributed by atoms with E-state index in [4.69, 9.17) is 0 Å². The number of piperazine rings is 2. The summed E-state index contributed by atoms with van der Waals surface area (Å²) < 4.78 is 0. The molecule has 9 rings (SSSR count). The van der Waals surface area contributed by atoms with E-state index in [-0.39, 0.29) is 0 Å². The van der Waals surface area contributed by atoms with Crippen molar-refractivity contribution in [3.63, 3.8) is 0 Å². The molecule has 1 saturated carbocycles. The average Bonchev–Trinajstić information content (AvgIpc) is 3.71. The van der Waals surface area contributed by atoms with Gasteiger partial charge >= 0.3 is 0 Å². The lowest BCUT2D eigenvalue weighted by molar-refractivity contribution is 0.0727. The van der Waals surface area contributed by atoms with Gasteiger partial charge in [-0.2, -0.15) is 0 Å². The van der Waals surface area contributed by atoms with E-state index in [0.29, 0.717) is 0 Å². The van der Waals surface area contributed by atoms with Crippen molar-refractivity contribution in [3.05, 3.63) is 11.6 Å². The third kappa shape index (κ3) is 7.67. The highest BCUT2D eigenvalue weighted by molar-refractivity contribution is 5.15. The standard InChI is InChI=1S/C9H15N.C8H15N.2C7H14N2.C2H6/c1-7-5-8-3-4-9(6-7)10(8)2;1-9-6-7-2-4-8(9)5-3-7;2*1-8-4-7-3-6(8)5-9(7)2;1-2/h5,8-9H,3-4,6H2,1-2H3;7-8H,2-6H2,1H3;2*6-7H,3-5H2,1-2H3;1-2H3. The van der Waals surface area contributed by atoms with Gasteiger partial charge in [0.15, 0.2) is 0 Å². The number of hydrogen-bond donors (Lipinski definition) is 0. The summed E-state index contributed by atoms with van der Waals surface area (Å²) in [7, 11) is 13.5. The first kappa shape index (κ1) is 31.4. The highest BCUT2D eigenvalue weighted by Crippen LogP contribution is 2.34. The number of fused-ring (bicyclic) bond motifs is 9. The maximum atomic E-state index is 2.54. The zero-order chi connectivity index (χ0) is 28.3. The maximum absolute atomic E-state index is 2.54. The third-order valence-electron chi connectivity index (χ3n) is 11.5. The van der Waals surface area contributed by atoms with Crippen LogP contribution in [0.5, 0.6) is 0 Å². The van der Waals surface area contributed by atoms with Crippen molar-refractivity contribution >= 4 is 0 Å². The van der Waals surface area contributed by atoms with Crippen molar-refractivity contribution in [2.75, 3.05) is 75.0 Å². The molecule has 8 bridgehead atoms. The van der Waals surface area contributed by atoms with Gasteiger partial charge in [0.2, 0.25) is 0 Å². The zero-order valence-corrected chi connectivity index (χ0v) is 27.3. The quantitative estimate of drug-likeness (QED) is 0.420. The molecule has 6 unspecified atom stereocenters. The Labute approximate surface area is 242 Å². The molecular weight excluding hydrogens is 480 g/mol. The molecule has 0 aromatic heterocycles. The van der Waals surface area contributed by atoms with Crippen LogP contribution < -0.4 is 0 Å². The second kappa shape index (κ2) is 14.1. The lowest BCUT2D eigenvalue weighted by atomic mass is 9.80. The fourth-order valence-corrected chi connectivity index (χ4v) is 8.71. The molecule has 8 fully saturated rings. The molecule has 0 N–H and O–H groups in total. The summed E-state index contributed by atoms with van der Waals surface area (Å²) >= 11 is 0. The van der Waals surface area contributed by atoms with E-state index in [1.54, 1.807) is 5.57 Å². The van der Waals surface area contributed by atoms with Gasteiger partial charge in [-0.1, -0.05) is 25.5 Å². The highest BCUT2D eigenvalue weighted by Gasteiger charge is 2.40. The minimum absolute atomic E-state index is 0.777. The van der Waals surface area contributed by atoms with Crippen LogP contribution in [-0.2, 0) is 0 Å². The molecule has 0 aromatic carbocycles. The van der Waals surface area contributed by atoms with Crippen LogP contribution in [0.15, 0.2) is 11.6 Å². The molecule has 0 aromatic rings. The highest BCUT2D eigenvalue weighted by atomic mass is 15.3. The summed E-state index contributed by atoms with van der Waals surface area (Å²) in [4.78, 5) is 15.0. The van der Waals surface area contributed by atoms with Crippen LogP contribution in [-0.4, -0.2) is 147 Å². The smallest absolute Gasteiger partial charge is 0.0281 e. The molecule has 6 nitrogen and oxygen atoms in total. The van der Waals surface area contributed by atoms with Gasteiger partial charge in [-0.3, -0.25) is 4.90 Å². The Morgan fingerprint density at radius 3 is 1.21 bits per heavy atom. The predicted octanol–water partition coefficient (Wildman–Crippen LogP) is 4.33. The number of hydrogen-bond acceptors (Lipinski definition) is 6. The van der Waals surface area contributed by atoms with Crippen LogP contribution in [0.2, 0.25) is 0 Å². The van der Waals surface area contributed by atoms with Crippen LogP contribution in [0.1, 0.15) is 78.6 Å². The SMILES string of the molecule is CC.CC1=CC2CCC(C1)N2C.CN1CC2CC1CN2C.CN1CC2CC1CN2C.CN1CC2CCC1CC2. The van der Waals surface area contributed by atoms with Crippen molar-refractivity contribution in [2.45, 2.75) is 121 Å². The zero-order valence-electron chi connectivity index (χ0n) is 27.3. The Kier molecular flexibility index (Phi) is 11.4. The molecule has 8 aliphatic heterocycles. The summed E-state index contributed by atoms with van der Waals surface area (Å²) in [6.07, 6.45) is 15.3. The Hall–Kier alpha value is -0.500. The Morgan fingerprint density at radius 2 is 0.923 bits per heavy atom. The fraction of sp³-hybridized carbons (Fsp3) is 0.939. The van der Waals surface area contributed by atoms with Gasteiger partial charge in [0.1, 0.15) is 0 Å². The predicted molar refractivity (Wildman–Crippen MR) is 168 cm³/mol. The number of piperidine rings is 2. The van der Waals surface area contributed by atoms with Gasteiger partial charge in [0, 0.05) is 75.0 Å². The minimum Gasteiger partial charge on any atom is -0.303 e. The molecule has 226 valence electrons. The Bertz CT molecular complexity index is 712. The topological polar surface area (TPSA) is 19.4 Å². The molecule has 0 spiro atoms. The number of likely N-dealkylation sites (tertiary alicyclic amines) is 4. The van der Waals surface area contributed by atoms with E-state index in [1.807, 2.05) is 13.8 Å². The van der Waals surface area contributed by atoms with Gasteiger partial charge in [-0.05, 0) is 113 Å². The van der Waals surface area contributed by atoms with Gasteiger partial charge in [-0.15, -0.1) is 0 Å². The second-order valence-electron chi connectivity index (χ2n) is 14.1. The first-order valence-corrected chi connectivity index (χ1v) is 16.6. The van der Waals surface area contributed by atoms with Gasteiger partial charge < -0.3 is 24.5 Å². The van der Waals surface area contributed by atoms with Crippen LogP contribution in [0.4, 0.5) is 0 Å². The first-order chi connectivity index (χ1) is 18.7. The fourth-order valence-electron chi connectivity index (χ4n) is 8.71. The van der Waals surface area contributed by atoms with Crippen molar-refractivity contribution in [1.29, 1.82) is 0 Å². The van der Waals surface area contributed by atoms with Gasteiger partial charge in [-0.25, -0.2) is 0 Å². The van der Waals surface area contributed by atoms with Gasteiger partial charge in [0.05, 0.1) is 0 Å². The first-order valence-electron chi connectivity index (χ1n) is 16.6. The normalized spacial score (nSPS) is 41.1. The maximum Gasteiger partial charge on any atom is 0.0281 e. The molecule has 6 atom stereocenters. The summed E-state index contributed by atoms with van der Waals surface area (Å²) in [6, 6.07) is 6.10. The van der Waals surface area contributed by atoms with Crippen molar-refractivity contribution < 1.29 is 0 Å². The number of nitrogens with zero attached hydrogens (tertiary/aromatic N) is 6. The van der Waals surface area contributed by atoms with E-state index in [1.165, 1.54) is 90.5 Å². The van der Waals surface area contributed by atoms with Crippen LogP contribution in [0.25, 0.3) is 0 Å². The Morgan fingerprint density at radius 1 is 0.513 bits per heavy atom. The van der Waals surface area contributed by atoms with Crippen molar-refractivity contribution in [2.24, 2.45) is 5.92 Å². The molecule has 39 heavy (non-hydrogen) atoms. The van der Waals surface area contributed by atoms with E-state index in [0.717, 1.165) is 48.2 Å². The summed E-state index contributed by atoms with van der Waals surface area (Å²) in [5, 5.41) is 0. The molecule has 9 aliphatic rings. The molecule has 0 amide bonds. The second-order valence-corrected chi connectivity index (χ2v) is 14.1. The molecule has 6 heteroatoms. The average molecular weight is 545 g/mol. The van der Waals surface area contributed by atoms with Crippen LogP contribution in [0, 0.1) is 5.92 Å². The monoisotopic (exact) mass is 545 g/mol. The molecule has 0 radical (unpaired) electrons. The summed E-state index contributed by atoms with van der Waals surface area (Å²) in [5.74, 6) is 1.06. The molecule has 7 saturated heterocycles. The van der Waals surface area contributed by atoms with E-state index in [2.05, 4.69) is 84.7 Å². The van der Waals surface area contributed by atoms with Crippen LogP contribution in [0.3, 0.4) is 0 Å². The summed E-state index contributed by atoms with van der Waals surface area (Å²) in [5.41, 5.74) is 1.60.